The zero-order valence-corrected chi connectivity index (χ0v) is 2.44. The Labute approximate surface area is 44.8 Å². The molecule has 5 heavy (non-hydrogen) atoms. The normalized spacial score (nSPS) is 4.00. The van der Waals surface area contributed by atoms with Crippen molar-refractivity contribution in [3.05, 3.63) is 25.3 Å². The fraction of sp³-hybridized carbons (Fsp3) is 0. The van der Waals surface area contributed by atoms with Gasteiger partial charge in [-0.2, -0.15) is 0 Å². The van der Waals surface area contributed by atoms with E-state index < -0.39 is 0 Å². The summed E-state index contributed by atoms with van der Waals surface area (Å²) in [5, 5.41) is 0. The molecule has 0 atom stereocenters. The van der Waals surface area contributed by atoms with E-state index in [1.807, 2.05) is 0 Å². The number of rotatable bonds is 1. The first kappa shape index (κ1) is 8.91. The molecule has 0 heterocycles. The van der Waals surface area contributed by atoms with Crippen LogP contribution in [0.5, 0.6) is 0 Å². The van der Waals surface area contributed by atoms with Crippen molar-refractivity contribution in [3.8, 4) is 0 Å². The molecule has 0 aliphatic carbocycles. The van der Waals surface area contributed by atoms with E-state index in [-0.39, 0.29) is 18.9 Å². The first-order chi connectivity index (χ1) is 1.91. The Kier molecular flexibility index (Phi) is 16.0. The molecule has 0 amide bonds. The van der Waals surface area contributed by atoms with Gasteiger partial charge in [0.2, 0.25) is 0 Å². The SMILES string of the molecule is [CH]=CC=C.[LiH]. The number of hydrogen-bond donors (Lipinski definition) is 0. The van der Waals surface area contributed by atoms with Crippen LogP contribution >= 0.6 is 0 Å². The zero-order valence-electron chi connectivity index (χ0n) is 2.44. The van der Waals surface area contributed by atoms with Gasteiger partial charge < -0.3 is 0 Å². The Morgan fingerprint density at radius 2 is 1.80 bits per heavy atom. The van der Waals surface area contributed by atoms with Crippen LogP contribution < -0.4 is 0 Å². The molecule has 0 nitrogen and oxygen atoms in total. The number of allylic oxidation sites excluding steroid dienone is 2. The Bertz CT molecular complexity index is 24.6. The fourth-order valence-electron chi connectivity index (χ4n) is 0. The van der Waals surface area contributed by atoms with Crippen molar-refractivity contribution in [1.82, 2.24) is 0 Å². The van der Waals surface area contributed by atoms with Crippen LogP contribution in [0.3, 0.4) is 0 Å². The average molecular weight is 61.0 g/mol. The first-order valence-electron chi connectivity index (χ1n) is 1.07. The van der Waals surface area contributed by atoms with E-state index in [4.69, 9.17) is 6.58 Å². The van der Waals surface area contributed by atoms with Crippen molar-refractivity contribution in [1.29, 1.82) is 0 Å². The summed E-state index contributed by atoms with van der Waals surface area (Å²) in [5.74, 6) is 0. The van der Waals surface area contributed by atoms with Crippen molar-refractivity contribution < 1.29 is 0 Å². The van der Waals surface area contributed by atoms with E-state index in [0.717, 1.165) is 0 Å². The third kappa shape index (κ3) is 15.2. The second-order valence-corrected chi connectivity index (χ2v) is 0.428. The minimum atomic E-state index is 0. The summed E-state index contributed by atoms with van der Waals surface area (Å²) in [7, 11) is 0. The van der Waals surface area contributed by atoms with E-state index >= 15 is 0 Å². The molecule has 1 heteroatoms. The Hall–Kier alpha value is 0.0774. The molecule has 0 aliphatic rings. The van der Waals surface area contributed by atoms with Crippen LogP contribution in [0.25, 0.3) is 0 Å². The summed E-state index contributed by atoms with van der Waals surface area (Å²) < 4.78 is 0. The average Bonchev–Trinajstić information content (AvgIpc) is 1.37. The third-order valence-electron chi connectivity index (χ3n) is 0.136. The van der Waals surface area contributed by atoms with Crippen LogP contribution in [0, 0.1) is 6.58 Å². The molecule has 1 radical (unpaired) electrons. The van der Waals surface area contributed by atoms with Crippen LogP contribution in [-0.4, -0.2) is 18.9 Å². The van der Waals surface area contributed by atoms with Gasteiger partial charge >= 0.3 is 18.9 Å². The standard InChI is InChI=1S/C4H5.Li.H/c1-3-4-2;;/h1,3-4H,2H2;;. The third-order valence-corrected chi connectivity index (χ3v) is 0.136. The van der Waals surface area contributed by atoms with Crippen LogP contribution in [0.4, 0.5) is 0 Å². The van der Waals surface area contributed by atoms with Gasteiger partial charge in [0.1, 0.15) is 0 Å². The molecule has 0 saturated heterocycles. The summed E-state index contributed by atoms with van der Waals surface area (Å²) in [6.45, 7) is 8.08. The predicted molar refractivity (Wildman–Crippen MR) is 26.2 cm³/mol. The number of hydrogen-bond acceptors (Lipinski definition) is 0. The predicted octanol–water partition coefficient (Wildman–Crippen LogP) is 0.513. The molecule has 0 N–H and O–H groups in total. The van der Waals surface area contributed by atoms with Crippen LogP contribution in [0.2, 0.25) is 0 Å². The molecule has 0 saturated carbocycles. The van der Waals surface area contributed by atoms with Gasteiger partial charge in [-0.15, -0.1) is 0 Å². The maximum absolute atomic E-state index is 4.78. The molecule has 0 aromatic heterocycles. The molecule has 0 spiro atoms. The monoisotopic (exact) mass is 61.1 g/mol. The van der Waals surface area contributed by atoms with Crippen molar-refractivity contribution >= 4 is 18.9 Å². The molecule has 0 aliphatic heterocycles. The second-order valence-electron chi connectivity index (χ2n) is 0.428. The molecule has 0 aromatic rings. The second kappa shape index (κ2) is 8.95. The first-order valence-corrected chi connectivity index (χ1v) is 1.07. The van der Waals surface area contributed by atoms with Crippen LogP contribution in [0.1, 0.15) is 0 Å². The van der Waals surface area contributed by atoms with E-state index in [2.05, 4.69) is 6.58 Å². The van der Waals surface area contributed by atoms with Gasteiger partial charge in [-0.05, 0) is 0 Å². The van der Waals surface area contributed by atoms with Crippen LogP contribution in [0.15, 0.2) is 18.7 Å². The van der Waals surface area contributed by atoms with Gasteiger partial charge in [-0.25, -0.2) is 0 Å². The molecule has 0 rings (SSSR count). The summed E-state index contributed by atoms with van der Waals surface area (Å²) in [6, 6.07) is 0. The summed E-state index contributed by atoms with van der Waals surface area (Å²) in [6.07, 6.45) is 2.92. The maximum atomic E-state index is 4.78. The summed E-state index contributed by atoms with van der Waals surface area (Å²) >= 11 is 0. The van der Waals surface area contributed by atoms with E-state index in [0.29, 0.717) is 0 Å². The molecular weight excluding hydrogens is 55.0 g/mol. The minimum absolute atomic E-state index is 0. The fourth-order valence-corrected chi connectivity index (χ4v) is 0. The van der Waals surface area contributed by atoms with Crippen molar-refractivity contribution in [2.24, 2.45) is 0 Å². The molecule has 0 bridgehead atoms. The topological polar surface area (TPSA) is 0 Å². The van der Waals surface area contributed by atoms with Gasteiger partial charge in [0, 0.05) is 0 Å². The van der Waals surface area contributed by atoms with Gasteiger partial charge in [0.15, 0.2) is 0 Å². The molecule has 0 aromatic carbocycles. The van der Waals surface area contributed by atoms with Gasteiger partial charge in [0.05, 0.1) is 0 Å². The van der Waals surface area contributed by atoms with Crippen molar-refractivity contribution in [2.75, 3.05) is 0 Å². The van der Waals surface area contributed by atoms with Gasteiger partial charge in [-0.1, -0.05) is 25.3 Å². The molecule has 23 valence electrons. The Morgan fingerprint density at radius 3 is 1.80 bits per heavy atom. The zero-order chi connectivity index (χ0) is 3.41. The van der Waals surface area contributed by atoms with Gasteiger partial charge in [-0.3, -0.25) is 0 Å². The van der Waals surface area contributed by atoms with Crippen LogP contribution in [-0.2, 0) is 0 Å². The molecule has 0 fully saturated rings. The van der Waals surface area contributed by atoms with E-state index in [1.165, 1.54) is 12.2 Å². The van der Waals surface area contributed by atoms with E-state index in [9.17, 15) is 0 Å². The summed E-state index contributed by atoms with van der Waals surface area (Å²) in [5.41, 5.74) is 0. The Morgan fingerprint density at radius 1 is 1.60 bits per heavy atom. The van der Waals surface area contributed by atoms with Gasteiger partial charge in [0.25, 0.3) is 0 Å². The van der Waals surface area contributed by atoms with Crippen molar-refractivity contribution in [3.63, 3.8) is 0 Å². The Balaban J connectivity index is 0. The quantitative estimate of drug-likeness (QED) is 0.306. The molecular formula is C4H6Li. The summed E-state index contributed by atoms with van der Waals surface area (Å²) in [4.78, 5) is 0. The van der Waals surface area contributed by atoms with Crippen molar-refractivity contribution in [2.45, 2.75) is 0 Å². The van der Waals surface area contributed by atoms with E-state index in [1.54, 1.807) is 0 Å². The molecule has 0 unspecified atom stereocenters.